The second-order valence-electron chi connectivity index (χ2n) is 18.1. The Balaban J connectivity index is 1.08. The first-order chi connectivity index (χ1) is 28.8. The van der Waals surface area contributed by atoms with Crippen LogP contribution in [-0.4, -0.2) is 82.6 Å². The molecule has 1 saturated heterocycles. The van der Waals surface area contributed by atoms with Gasteiger partial charge in [0.2, 0.25) is 21.8 Å². The van der Waals surface area contributed by atoms with Crippen molar-refractivity contribution in [1.29, 1.82) is 0 Å². The number of sulfonamides is 1. The molecule has 4 heterocycles. The molecule has 1 spiro atoms. The predicted octanol–water partition coefficient (Wildman–Crippen LogP) is 5.71. The van der Waals surface area contributed by atoms with E-state index in [1.54, 1.807) is 19.1 Å². The lowest BCUT2D eigenvalue weighted by Crippen LogP contribution is -2.59. The summed E-state index contributed by atoms with van der Waals surface area (Å²) in [5.41, 5.74) is -0.0573. The lowest BCUT2D eigenvalue weighted by atomic mass is 9.86. The number of ether oxygens (including phenoxy) is 1. The van der Waals surface area contributed by atoms with E-state index in [0.29, 0.717) is 62.0 Å². The van der Waals surface area contributed by atoms with Crippen molar-refractivity contribution in [3.63, 3.8) is 0 Å². The number of carbonyl (C=O) groups excluding carboxylic acids is 4. The number of nitrogens with one attached hydrogen (secondary N) is 4. The number of aromatic nitrogens is 1. The molecule has 60 heavy (non-hydrogen) atoms. The van der Waals surface area contributed by atoms with Crippen LogP contribution < -0.4 is 25.4 Å². The average Bonchev–Trinajstić information content (AvgIpc) is 4.02. The fraction of sp³-hybridized carbons (Fsp3) is 0.533. The Labute approximate surface area is 349 Å². The molecule has 13 nitrogen and oxygen atoms in total. The zero-order valence-electron chi connectivity index (χ0n) is 33.9. The number of allylic oxidation sites excluding steroid dienone is 1. The molecule has 15 heteroatoms. The minimum atomic E-state index is -4.02. The second kappa shape index (κ2) is 15.4. The summed E-state index contributed by atoms with van der Waals surface area (Å²) in [6, 6.07) is 11.3. The van der Waals surface area contributed by atoms with Gasteiger partial charge in [-0.2, -0.15) is 0 Å². The predicted molar refractivity (Wildman–Crippen MR) is 223 cm³/mol. The van der Waals surface area contributed by atoms with E-state index in [1.807, 2.05) is 36.4 Å². The lowest BCUT2D eigenvalue weighted by Gasteiger charge is -2.37. The number of para-hydroxylation sites is 1. The van der Waals surface area contributed by atoms with Crippen LogP contribution in [0, 0.1) is 11.7 Å². The lowest BCUT2D eigenvalue weighted by molar-refractivity contribution is -0.141. The van der Waals surface area contributed by atoms with E-state index in [-0.39, 0.29) is 25.4 Å². The third-order valence-corrected chi connectivity index (χ3v) is 16.0. The van der Waals surface area contributed by atoms with Crippen LogP contribution in [0.2, 0.25) is 0 Å². The van der Waals surface area contributed by atoms with E-state index in [9.17, 15) is 32.0 Å². The normalized spacial score (nSPS) is 29.0. The monoisotopic (exact) mass is 840 g/mol. The second-order valence-corrected chi connectivity index (χ2v) is 20.3. The van der Waals surface area contributed by atoms with Crippen LogP contribution in [0.1, 0.15) is 102 Å². The largest absolute Gasteiger partial charge is 0.483 e. The SMILES string of the molecule is CC1(S(=O)(=O)NC(=O)[C@@]23C[C@H]2C=CCCCCC[C@H](NC(=O)NC2CCCC2)C(=O)N2C[C@@]4(CCc5c(c(-c6cccc(F)c6)nc6ccccc56)O4)C[C@H]2C(=O)N3)CC1. The Morgan fingerprint density at radius 2 is 1.73 bits per heavy atom. The maximum absolute atomic E-state index is 15.0. The number of rotatable bonds is 6. The Hall–Kier alpha value is -5.05. The highest BCUT2D eigenvalue weighted by atomic mass is 32.2. The van der Waals surface area contributed by atoms with Gasteiger partial charge >= 0.3 is 6.03 Å². The Kier molecular flexibility index (Phi) is 10.4. The molecule has 0 radical (unpaired) electrons. The molecule has 0 bridgehead atoms. The summed E-state index contributed by atoms with van der Waals surface area (Å²) in [6.07, 6.45) is 13.0. The number of fused-ring (bicyclic) bond motifs is 5. The molecule has 3 saturated carbocycles. The van der Waals surface area contributed by atoms with E-state index in [1.165, 1.54) is 17.0 Å². The molecule has 5 atom stereocenters. The third kappa shape index (κ3) is 7.62. The molecule has 3 aliphatic carbocycles. The van der Waals surface area contributed by atoms with Crippen LogP contribution >= 0.6 is 0 Å². The Morgan fingerprint density at radius 3 is 2.52 bits per heavy atom. The molecule has 318 valence electrons. The summed E-state index contributed by atoms with van der Waals surface area (Å²) in [5.74, 6) is -2.27. The maximum atomic E-state index is 15.0. The number of nitrogens with zero attached hydrogens (tertiary/aromatic N) is 2. The van der Waals surface area contributed by atoms with E-state index in [2.05, 4.69) is 20.7 Å². The molecule has 4 N–H and O–H groups in total. The van der Waals surface area contributed by atoms with E-state index < -0.39 is 73.5 Å². The van der Waals surface area contributed by atoms with Crippen LogP contribution in [0.15, 0.2) is 60.7 Å². The highest BCUT2D eigenvalue weighted by Crippen LogP contribution is 2.50. The van der Waals surface area contributed by atoms with Gasteiger partial charge in [-0.1, -0.05) is 68.2 Å². The van der Waals surface area contributed by atoms with Gasteiger partial charge in [0.25, 0.3) is 5.91 Å². The zero-order valence-corrected chi connectivity index (χ0v) is 34.8. The number of hydrogen-bond acceptors (Lipinski definition) is 8. The van der Waals surface area contributed by atoms with Gasteiger partial charge in [-0.15, -0.1) is 0 Å². The minimum absolute atomic E-state index is 0.00351. The summed E-state index contributed by atoms with van der Waals surface area (Å²) < 4.78 is 49.6. The van der Waals surface area contributed by atoms with Gasteiger partial charge in [-0.25, -0.2) is 22.6 Å². The summed E-state index contributed by atoms with van der Waals surface area (Å²) in [7, 11) is -4.02. The quantitative estimate of drug-likeness (QED) is 0.229. The molecule has 0 unspecified atom stereocenters. The number of halogens is 1. The molecule has 2 aromatic carbocycles. The number of carbonyl (C=O) groups is 4. The molecule has 4 fully saturated rings. The van der Waals surface area contributed by atoms with Crippen molar-refractivity contribution in [3.05, 3.63) is 72.1 Å². The van der Waals surface area contributed by atoms with Gasteiger partial charge in [0, 0.05) is 34.9 Å². The van der Waals surface area contributed by atoms with Crippen molar-refractivity contribution < 1.29 is 36.7 Å². The molecule has 3 aliphatic heterocycles. The topological polar surface area (TPSA) is 176 Å². The molecular weight excluding hydrogens is 788 g/mol. The van der Waals surface area contributed by atoms with Crippen molar-refractivity contribution in [2.75, 3.05) is 6.54 Å². The minimum Gasteiger partial charge on any atom is -0.483 e. The smallest absolute Gasteiger partial charge is 0.315 e. The standard InChI is InChI=1S/C45H53FN6O7S/c1-43(22-23-43)60(57,58)51-41(55)45-25-29(45)13-5-3-2-4-6-19-35(49-42(56)47-31-15-7-8-16-31)40(54)52-27-44(26-36(52)39(53)50-45)21-20-33-32-17-9-10-18-34(32)48-37(38(33)59-44)28-12-11-14-30(46)24-28/h5,9-14,17-18,24,29,31,35-36H,2-4,6-8,15-16,19-23,25-27H2,1H3,(H,50,53)(H,51,55)(H2,47,49,56)/t29-,35+,36+,44-,45-/m1/s1. The van der Waals surface area contributed by atoms with Crippen LogP contribution in [0.4, 0.5) is 9.18 Å². The average molecular weight is 841 g/mol. The number of pyridine rings is 1. The van der Waals surface area contributed by atoms with Crippen molar-refractivity contribution >= 4 is 44.7 Å². The Morgan fingerprint density at radius 1 is 0.950 bits per heavy atom. The van der Waals surface area contributed by atoms with Crippen molar-refractivity contribution in [2.24, 2.45) is 5.92 Å². The fourth-order valence-electron chi connectivity index (χ4n) is 9.77. The molecule has 5 amide bonds. The van der Waals surface area contributed by atoms with Crippen LogP contribution in [0.5, 0.6) is 5.75 Å². The first-order valence-electron chi connectivity index (χ1n) is 21.6. The third-order valence-electron chi connectivity index (χ3n) is 13.8. The fourth-order valence-corrected chi connectivity index (χ4v) is 11.1. The summed E-state index contributed by atoms with van der Waals surface area (Å²) >= 11 is 0. The van der Waals surface area contributed by atoms with E-state index in [0.717, 1.165) is 55.0 Å². The molecule has 1 aromatic heterocycles. The summed E-state index contributed by atoms with van der Waals surface area (Å²) in [6.45, 7) is 1.59. The summed E-state index contributed by atoms with van der Waals surface area (Å²) in [4.78, 5) is 63.8. The molecule has 3 aromatic rings. The molecule has 9 rings (SSSR count). The highest BCUT2D eigenvalue weighted by molar-refractivity contribution is 7.91. The van der Waals surface area contributed by atoms with Crippen LogP contribution in [0.3, 0.4) is 0 Å². The van der Waals surface area contributed by atoms with Gasteiger partial charge in [0.15, 0.2) is 0 Å². The number of benzene rings is 2. The van der Waals surface area contributed by atoms with Crippen LogP contribution in [-0.2, 0) is 30.8 Å². The van der Waals surface area contributed by atoms with Gasteiger partial charge < -0.3 is 25.6 Å². The number of aryl methyl sites for hydroxylation is 1. The van der Waals surface area contributed by atoms with Gasteiger partial charge in [-0.3, -0.25) is 19.1 Å². The first kappa shape index (κ1) is 40.4. The summed E-state index contributed by atoms with van der Waals surface area (Å²) in [5, 5.41) is 9.85. The van der Waals surface area contributed by atoms with E-state index in [4.69, 9.17) is 9.72 Å². The van der Waals surface area contributed by atoms with E-state index >= 15 is 0 Å². The van der Waals surface area contributed by atoms with Crippen molar-refractivity contribution in [3.8, 4) is 17.0 Å². The zero-order chi connectivity index (χ0) is 41.9. The van der Waals surface area contributed by atoms with Gasteiger partial charge in [-0.05, 0) is 89.3 Å². The maximum Gasteiger partial charge on any atom is 0.315 e. The molecular formula is C45H53FN6O7S. The van der Waals surface area contributed by atoms with Crippen molar-refractivity contribution in [1.82, 2.24) is 30.6 Å². The van der Waals surface area contributed by atoms with Crippen LogP contribution in [0.25, 0.3) is 22.2 Å². The number of amides is 5. The number of urea groups is 1. The van der Waals surface area contributed by atoms with Gasteiger partial charge in [0.05, 0.1) is 16.8 Å². The highest BCUT2D eigenvalue weighted by Gasteiger charge is 2.64. The van der Waals surface area contributed by atoms with Gasteiger partial charge in [0.1, 0.15) is 40.5 Å². The Bertz CT molecular complexity index is 2380. The first-order valence-corrected chi connectivity index (χ1v) is 23.1. The van der Waals surface area contributed by atoms with Crippen molar-refractivity contribution in [2.45, 2.75) is 137 Å². The molecule has 6 aliphatic rings. The number of hydrogen-bond donors (Lipinski definition) is 4.